The highest BCUT2D eigenvalue weighted by molar-refractivity contribution is 5.61. The molecule has 1 aliphatic rings. The molecule has 0 amide bonds. The maximum atomic E-state index is 5.37. The second kappa shape index (κ2) is 5.96. The van der Waals surface area contributed by atoms with E-state index in [-0.39, 0.29) is 13.3 Å². The van der Waals surface area contributed by atoms with Gasteiger partial charge in [-0.3, -0.25) is 0 Å². The number of benzene rings is 2. The Morgan fingerprint density at radius 3 is 2.73 bits per heavy atom. The lowest BCUT2D eigenvalue weighted by atomic mass is 10.2. The number of ether oxygens (including phenoxy) is 2. The first-order valence-corrected chi connectivity index (χ1v) is 7.91. The second-order valence-electron chi connectivity index (χ2n) is 5.59. The number of aromatic nitrogens is 6. The van der Waals surface area contributed by atoms with Crippen LogP contribution in [0.3, 0.4) is 0 Å². The topological polar surface area (TPSA) is 101 Å². The van der Waals surface area contributed by atoms with E-state index < -0.39 is 0 Å². The molecule has 0 bridgehead atoms. The van der Waals surface area contributed by atoms with Crippen molar-refractivity contribution in [1.29, 1.82) is 0 Å². The summed E-state index contributed by atoms with van der Waals surface area (Å²) in [5, 5.41) is 16.4. The SMILES string of the molecule is c1ccc(-c2nnn(Cc3nc(-c4ccc5c(c4)OCO5)no3)n2)cc1. The normalized spacial score (nSPS) is 12.5. The quantitative estimate of drug-likeness (QED) is 0.553. The summed E-state index contributed by atoms with van der Waals surface area (Å²) in [7, 11) is 0. The van der Waals surface area contributed by atoms with Crippen molar-refractivity contribution in [3.8, 4) is 34.3 Å². The Morgan fingerprint density at radius 1 is 0.923 bits per heavy atom. The van der Waals surface area contributed by atoms with Gasteiger partial charge in [0, 0.05) is 11.1 Å². The van der Waals surface area contributed by atoms with E-state index in [2.05, 4.69) is 25.6 Å². The van der Waals surface area contributed by atoms with Gasteiger partial charge in [-0.15, -0.1) is 10.2 Å². The van der Waals surface area contributed by atoms with Gasteiger partial charge in [0.15, 0.2) is 11.5 Å². The van der Waals surface area contributed by atoms with Crippen LogP contribution in [0.25, 0.3) is 22.8 Å². The molecule has 0 unspecified atom stereocenters. The van der Waals surface area contributed by atoms with Gasteiger partial charge in [-0.05, 0) is 23.4 Å². The van der Waals surface area contributed by atoms with Crippen LogP contribution >= 0.6 is 0 Å². The Balaban J connectivity index is 1.36. The van der Waals surface area contributed by atoms with Crippen LogP contribution in [0.5, 0.6) is 11.5 Å². The predicted molar refractivity (Wildman–Crippen MR) is 88.2 cm³/mol. The van der Waals surface area contributed by atoms with Crippen LogP contribution in [-0.4, -0.2) is 37.1 Å². The van der Waals surface area contributed by atoms with Gasteiger partial charge in [0.2, 0.25) is 18.4 Å². The molecular weight excluding hydrogens is 336 g/mol. The lowest BCUT2D eigenvalue weighted by Crippen LogP contribution is -2.04. The maximum Gasteiger partial charge on any atom is 0.250 e. The van der Waals surface area contributed by atoms with E-state index >= 15 is 0 Å². The fourth-order valence-corrected chi connectivity index (χ4v) is 2.61. The van der Waals surface area contributed by atoms with E-state index in [0.29, 0.717) is 29.0 Å². The fraction of sp³-hybridized carbons (Fsp3) is 0.118. The molecule has 26 heavy (non-hydrogen) atoms. The standard InChI is InChI=1S/C17H12N6O3/c1-2-4-11(5-3-1)17-19-22-23(20-17)9-15-18-16(21-26-15)12-6-7-13-14(8-12)25-10-24-13/h1-8H,9-10H2. The molecule has 2 aromatic heterocycles. The molecule has 0 saturated carbocycles. The zero-order valence-corrected chi connectivity index (χ0v) is 13.4. The van der Waals surface area contributed by atoms with Gasteiger partial charge < -0.3 is 14.0 Å². The largest absolute Gasteiger partial charge is 0.454 e. The van der Waals surface area contributed by atoms with Crippen LogP contribution in [0, 0.1) is 0 Å². The van der Waals surface area contributed by atoms with Crippen molar-refractivity contribution in [3.05, 3.63) is 54.4 Å². The van der Waals surface area contributed by atoms with Crippen molar-refractivity contribution in [2.24, 2.45) is 0 Å². The molecule has 0 atom stereocenters. The molecule has 1 aliphatic heterocycles. The summed E-state index contributed by atoms with van der Waals surface area (Å²) >= 11 is 0. The number of tetrazole rings is 1. The molecule has 128 valence electrons. The van der Waals surface area contributed by atoms with Gasteiger partial charge >= 0.3 is 0 Å². The number of nitrogens with zero attached hydrogens (tertiary/aromatic N) is 6. The summed E-state index contributed by atoms with van der Waals surface area (Å²) in [6.45, 7) is 0.454. The zero-order valence-electron chi connectivity index (χ0n) is 13.4. The van der Waals surface area contributed by atoms with Crippen LogP contribution in [-0.2, 0) is 6.54 Å². The monoisotopic (exact) mass is 348 g/mol. The van der Waals surface area contributed by atoms with Crippen molar-refractivity contribution in [3.63, 3.8) is 0 Å². The lowest BCUT2D eigenvalue weighted by Gasteiger charge is -1.97. The maximum absolute atomic E-state index is 5.37. The smallest absolute Gasteiger partial charge is 0.250 e. The van der Waals surface area contributed by atoms with E-state index in [4.69, 9.17) is 14.0 Å². The highest BCUT2D eigenvalue weighted by Crippen LogP contribution is 2.35. The Kier molecular flexibility index (Phi) is 3.34. The van der Waals surface area contributed by atoms with Crippen molar-refractivity contribution in [2.45, 2.75) is 6.54 Å². The summed E-state index contributed by atoms with van der Waals surface area (Å²) in [6.07, 6.45) is 0. The first-order chi connectivity index (χ1) is 12.8. The molecule has 0 fully saturated rings. The van der Waals surface area contributed by atoms with Crippen molar-refractivity contribution < 1.29 is 14.0 Å². The van der Waals surface area contributed by atoms with Crippen LogP contribution in [0.2, 0.25) is 0 Å². The summed E-state index contributed by atoms with van der Waals surface area (Å²) in [5.74, 6) is 2.76. The molecule has 4 aromatic rings. The lowest BCUT2D eigenvalue weighted by molar-refractivity contribution is 0.174. The summed E-state index contributed by atoms with van der Waals surface area (Å²) in [5.41, 5.74) is 1.67. The first-order valence-electron chi connectivity index (χ1n) is 7.91. The highest BCUT2D eigenvalue weighted by Gasteiger charge is 2.17. The molecule has 2 aromatic carbocycles. The Morgan fingerprint density at radius 2 is 1.81 bits per heavy atom. The number of hydrogen-bond acceptors (Lipinski definition) is 8. The predicted octanol–water partition coefficient (Wildman–Crippen LogP) is 2.17. The molecule has 0 N–H and O–H groups in total. The van der Waals surface area contributed by atoms with Crippen molar-refractivity contribution in [2.75, 3.05) is 6.79 Å². The van der Waals surface area contributed by atoms with E-state index in [1.807, 2.05) is 48.5 Å². The average molecular weight is 348 g/mol. The highest BCUT2D eigenvalue weighted by atomic mass is 16.7. The summed E-state index contributed by atoms with van der Waals surface area (Å²) in [6, 6.07) is 15.1. The van der Waals surface area contributed by atoms with E-state index in [9.17, 15) is 0 Å². The zero-order chi connectivity index (χ0) is 17.3. The van der Waals surface area contributed by atoms with E-state index in [1.54, 1.807) is 0 Å². The molecule has 0 aliphatic carbocycles. The molecule has 3 heterocycles. The molecule has 0 saturated heterocycles. The van der Waals surface area contributed by atoms with Crippen molar-refractivity contribution in [1.82, 2.24) is 30.3 Å². The molecule has 0 radical (unpaired) electrons. The summed E-state index contributed by atoms with van der Waals surface area (Å²) in [4.78, 5) is 5.80. The minimum atomic E-state index is 0.220. The van der Waals surface area contributed by atoms with Gasteiger partial charge in [0.05, 0.1) is 0 Å². The molecule has 9 nitrogen and oxygen atoms in total. The van der Waals surface area contributed by atoms with Crippen molar-refractivity contribution >= 4 is 0 Å². The van der Waals surface area contributed by atoms with Gasteiger partial charge in [0.25, 0.3) is 5.89 Å². The van der Waals surface area contributed by atoms with Crippen LogP contribution in [0.4, 0.5) is 0 Å². The molecular formula is C17H12N6O3. The summed E-state index contributed by atoms with van der Waals surface area (Å²) < 4.78 is 16.0. The molecule has 0 spiro atoms. The number of fused-ring (bicyclic) bond motifs is 1. The molecule has 5 rings (SSSR count). The van der Waals surface area contributed by atoms with Crippen LogP contribution < -0.4 is 9.47 Å². The Hall–Kier alpha value is -3.75. The minimum absolute atomic E-state index is 0.220. The van der Waals surface area contributed by atoms with E-state index in [1.165, 1.54) is 4.80 Å². The molecule has 9 heteroatoms. The average Bonchev–Trinajstić information content (AvgIpc) is 3.43. The Bertz CT molecular complexity index is 1060. The van der Waals surface area contributed by atoms with E-state index in [0.717, 1.165) is 11.1 Å². The second-order valence-corrected chi connectivity index (χ2v) is 5.59. The third kappa shape index (κ3) is 2.65. The van der Waals surface area contributed by atoms with Gasteiger partial charge in [-0.2, -0.15) is 9.78 Å². The minimum Gasteiger partial charge on any atom is -0.454 e. The Labute approximate surface area is 147 Å². The third-order valence-corrected chi connectivity index (χ3v) is 3.86. The first kappa shape index (κ1) is 14.6. The fourth-order valence-electron chi connectivity index (χ4n) is 2.61. The van der Waals surface area contributed by atoms with Gasteiger partial charge in [-0.25, -0.2) is 0 Å². The third-order valence-electron chi connectivity index (χ3n) is 3.86. The van der Waals surface area contributed by atoms with Gasteiger partial charge in [0.1, 0.15) is 6.54 Å². The number of hydrogen-bond donors (Lipinski definition) is 0. The number of rotatable bonds is 4. The van der Waals surface area contributed by atoms with Crippen LogP contribution in [0.1, 0.15) is 5.89 Å². The van der Waals surface area contributed by atoms with Crippen LogP contribution in [0.15, 0.2) is 53.1 Å². The van der Waals surface area contributed by atoms with Gasteiger partial charge in [-0.1, -0.05) is 35.5 Å².